The van der Waals surface area contributed by atoms with Crippen molar-refractivity contribution in [1.82, 2.24) is 10.3 Å². The summed E-state index contributed by atoms with van der Waals surface area (Å²) in [6.07, 6.45) is -1.59. The highest BCUT2D eigenvalue weighted by atomic mass is 19.4. The van der Waals surface area contributed by atoms with Gasteiger partial charge in [0.05, 0.1) is 11.5 Å². The Morgan fingerprint density at radius 2 is 2.09 bits per heavy atom. The number of amides is 1. The fourth-order valence-electron chi connectivity index (χ4n) is 2.44. The second-order valence-corrected chi connectivity index (χ2v) is 5.24. The van der Waals surface area contributed by atoms with E-state index in [4.69, 9.17) is 5.11 Å². The Kier molecular flexibility index (Phi) is 5.07. The fourth-order valence-corrected chi connectivity index (χ4v) is 2.44. The molecule has 0 saturated heterocycles. The van der Waals surface area contributed by atoms with Crippen LogP contribution in [0.4, 0.5) is 13.2 Å². The Morgan fingerprint density at radius 1 is 1.35 bits per heavy atom. The number of hydrogen-bond acceptors (Lipinski definition) is 4. The predicted molar refractivity (Wildman–Crippen MR) is 72.0 cm³/mol. The Balaban J connectivity index is 1.94. The van der Waals surface area contributed by atoms with Crippen molar-refractivity contribution in [1.29, 1.82) is 0 Å². The van der Waals surface area contributed by atoms with Crippen LogP contribution in [0.2, 0.25) is 0 Å². The first-order chi connectivity index (χ1) is 10.8. The number of carbonyl (C=O) groups is 2. The van der Waals surface area contributed by atoms with Crippen LogP contribution in [0.25, 0.3) is 0 Å². The predicted octanol–water partition coefficient (Wildman–Crippen LogP) is 2.01. The maximum absolute atomic E-state index is 12.0. The van der Waals surface area contributed by atoms with E-state index < -0.39 is 36.6 Å². The lowest BCUT2D eigenvalue weighted by Gasteiger charge is -2.17. The second-order valence-electron chi connectivity index (χ2n) is 5.24. The highest BCUT2D eigenvalue weighted by Gasteiger charge is 2.34. The topological polar surface area (TPSA) is 88.5 Å². The Labute approximate surface area is 129 Å². The molecule has 1 aliphatic carbocycles. The van der Waals surface area contributed by atoms with E-state index in [0.717, 1.165) is 12.3 Å². The Morgan fingerprint density at radius 3 is 2.65 bits per heavy atom. The number of hydrogen-bond donors (Lipinski definition) is 2. The van der Waals surface area contributed by atoms with Gasteiger partial charge < -0.3 is 15.2 Å². The van der Waals surface area contributed by atoms with Crippen molar-refractivity contribution in [3.63, 3.8) is 0 Å². The van der Waals surface area contributed by atoms with Crippen molar-refractivity contribution >= 4 is 11.9 Å². The normalized spacial score (nSPS) is 21.0. The van der Waals surface area contributed by atoms with Crippen LogP contribution in [0.3, 0.4) is 0 Å². The van der Waals surface area contributed by atoms with Crippen molar-refractivity contribution in [2.24, 2.45) is 5.92 Å². The molecule has 0 bridgehead atoms. The average Bonchev–Trinajstić information content (AvgIpc) is 2.93. The zero-order chi connectivity index (χ0) is 17.0. The third kappa shape index (κ3) is 4.83. The van der Waals surface area contributed by atoms with Crippen LogP contribution in [0.5, 0.6) is 5.88 Å². The molecule has 1 amide bonds. The molecule has 1 aromatic heterocycles. The van der Waals surface area contributed by atoms with Crippen LogP contribution in [0, 0.1) is 5.92 Å². The van der Waals surface area contributed by atoms with Gasteiger partial charge in [-0.25, -0.2) is 4.98 Å². The highest BCUT2D eigenvalue weighted by molar-refractivity contribution is 5.94. The lowest BCUT2D eigenvalue weighted by Crippen LogP contribution is -2.40. The minimum atomic E-state index is -4.47. The molecule has 6 nitrogen and oxygen atoms in total. The summed E-state index contributed by atoms with van der Waals surface area (Å²) in [5.74, 6) is -2.34. The van der Waals surface area contributed by atoms with E-state index in [9.17, 15) is 22.8 Å². The highest BCUT2D eigenvalue weighted by Crippen LogP contribution is 2.26. The largest absolute Gasteiger partial charge is 0.481 e. The molecule has 0 aromatic carbocycles. The quantitative estimate of drug-likeness (QED) is 0.861. The van der Waals surface area contributed by atoms with E-state index in [1.165, 1.54) is 6.07 Å². The number of carbonyl (C=O) groups excluding carboxylic acids is 1. The molecular weight excluding hydrogens is 317 g/mol. The number of halogens is 3. The standard InChI is InChI=1S/C14H15F3N2O4/c15-14(16,17)7-23-11-5-4-8(6-18-11)12(20)19-10-3-1-2-9(10)13(21)22/h4-6,9-10H,1-3,7H2,(H,19,20)(H,21,22)/t9-,10+/m1/s1. The summed E-state index contributed by atoms with van der Waals surface area (Å²) in [4.78, 5) is 26.7. The number of aromatic nitrogens is 1. The van der Waals surface area contributed by atoms with Crippen LogP contribution in [0.15, 0.2) is 18.3 Å². The average molecular weight is 332 g/mol. The van der Waals surface area contributed by atoms with Gasteiger partial charge in [0.25, 0.3) is 5.91 Å². The van der Waals surface area contributed by atoms with Crippen molar-refractivity contribution in [2.45, 2.75) is 31.5 Å². The molecular formula is C14H15F3N2O4. The van der Waals surface area contributed by atoms with Gasteiger partial charge in [0, 0.05) is 18.3 Å². The van der Waals surface area contributed by atoms with E-state index in [1.807, 2.05) is 0 Å². The summed E-state index contributed by atoms with van der Waals surface area (Å²) < 4.78 is 40.5. The third-order valence-corrected chi connectivity index (χ3v) is 3.53. The lowest BCUT2D eigenvalue weighted by atomic mass is 10.0. The minimum absolute atomic E-state index is 0.125. The molecule has 1 aromatic rings. The molecule has 1 fully saturated rings. The van der Waals surface area contributed by atoms with E-state index in [-0.39, 0.29) is 11.4 Å². The molecule has 1 aliphatic rings. The molecule has 0 aliphatic heterocycles. The van der Waals surface area contributed by atoms with Gasteiger partial charge >= 0.3 is 12.1 Å². The number of nitrogens with one attached hydrogen (secondary N) is 1. The summed E-state index contributed by atoms with van der Waals surface area (Å²) in [7, 11) is 0. The fraction of sp³-hybridized carbons (Fsp3) is 0.500. The van der Waals surface area contributed by atoms with Crippen LogP contribution < -0.4 is 10.1 Å². The Hall–Kier alpha value is -2.32. The van der Waals surface area contributed by atoms with Gasteiger partial charge in [-0.05, 0) is 18.9 Å². The Bertz CT molecular complexity index is 574. The van der Waals surface area contributed by atoms with Crippen LogP contribution in [-0.4, -0.2) is 40.8 Å². The first kappa shape index (κ1) is 17.0. The number of ether oxygens (including phenoxy) is 1. The zero-order valence-electron chi connectivity index (χ0n) is 12.0. The molecule has 1 saturated carbocycles. The van der Waals surface area contributed by atoms with Gasteiger partial charge in [-0.2, -0.15) is 13.2 Å². The molecule has 0 spiro atoms. The van der Waals surface area contributed by atoms with Gasteiger partial charge in [0.1, 0.15) is 0 Å². The van der Waals surface area contributed by atoms with Gasteiger partial charge in [-0.3, -0.25) is 9.59 Å². The molecule has 2 rings (SSSR count). The smallest absolute Gasteiger partial charge is 0.422 e. The first-order valence-corrected chi connectivity index (χ1v) is 6.95. The first-order valence-electron chi connectivity index (χ1n) is 6.95. The van der Waals surface area contributed by atoms with Crippen molar-refractivity contribution in [3.05, 3.63) is 23.9 Å². The van der Waals surface area contributed by atoms with Crippen LogP contribution in [-0.2, 0) is 4.79 Å². The number of aliphatic carboxylic acids is 1. The van der Waals surface area contributed by atoms with E-state index in [2.05, 4.69) is 15.0 Å². The van der Waals surface area contributed by atoms with Crippen molar-refractivity contribution in [2.75, 3.05) is 6.61 Å². The van der Waals surface area contributed by atoms with Gasteiger partial charge in [-0.1, -0.05) is 6.42 Å². The lowest BCUT2D eigenvalue weighted by molar-refractivity contribution is -0.154. The summed E-state index contributed by atoms with van der Waals surface area (Å²) >= 11 is 0. The molecule has 2 atom stereocenters. The van der Waals surface area contributed by atoms with E-state index >= 15 is 0 Å². The van der Waals surface area contributed by atoms with Crippen molar-refractivity contribution < 1.29 is 32.6 Å². The summed E-state index contributed by atoms with van der Waals surface area (Å²) in [6, 6.07) is 1.98. The number of alkyl halides is 3. The minimum Gasteiger partial charge on any atom is -0.481 e. The van der Waals surface area contributed by atoms with Crippen LogP contribution >= 0.6 is 0 Å². The van der Waals surface area contributed by atoms with Crippen LogP contribution in [0.1, 0.15) is 29.6 Å². The number of rotatable bonds is 5. The molecule has 0 radical (unpaired) electrons. The molecule has 23 heavy (non-hydrogen) atoms. The maximum Gasteiger partial charge on any atom is 0.422 e. The van der Waals surface area contributed by atoms with Crippen molar-refractivity contribution in [3.8, 4) is 5.88 Å². The number of nitrogens with zero attached hydrogens (tertiary/aromatic N) is 1. The van der Waals surface area contributed by atoms with Gasteiger partial charge in [0.15, 0.2) is 6.61 Å². The third-order valence-electron chi connectivity index (χ3n) is 3.53. The number of pyridine rings is 1. The van der Waals surface area contributed by atoms with E-state index in [0.29, 0.717) is 19.3 Å². The molecule has 1 heterocycles. The molecule has 2 N–H and O–H groups in total. The maximum atomic E-state index is 12.0. The van der Waals surface area contributed by atoms with Gasteiger partial charge in [-0.15, -0.1) is 0 Å². The van der Waals surface area contributed by atoms with Gasteiger partial charge in [0.2, 0.25) is 5.88 Å². The molecule has 0 unspecified atom stereocenters. The monoisotopic (exact) mass is 332 g/mol. The molecule has 9 heteroatoms. The number of carboxylic acids is 1. The SMILES string of the molecule is O=C(N[C@H]1CCC[C@H]1C(=O)O)c1ccc(OCC(F)(F)F)nc1. The summed E-state index contributed by atoms with van der Waals surface area (Å²) in [5, 5.41) is 11.7. The summed E-state index contributed by atoms with van der Waals surface area (Å²) in [6.45, 7) is -1.46. The second kappa shape index (κ2) is 6.84. The molecule has 126 valence electrons. The summed E-state index contributed by atoms with van der Waals surface area (Å²) in [5.41, 5.74) is 0.125. The zero-order valence-corrected chi connectivity index (χ0v) is 12.0. The number of carboxylic acid groups (broad SMARTS) is 1. The van der Waals surface area contributed by atoms with E-state index in [1.54, 1.807) is 0 Å².